The average Bonchev–Trinajstić information content (AvgIpc) is 1.90. The maximum absolute atomic E-state index is 5.68. The van der Waals surface area contributed by atoms with Crippen molar-refractivity contribution in [3.63, 3.8) is 0 Å². The highest BCUT2D eigenvalue weighted by atomic mass is 15.0. The Balaban J connectivity index is 2.28. The summed E-state index contributed by atoms with van der Waals surface area (Å²) >= 11 is 0. The summed E-state index contributed by atoms with van der Waals surface area (Å²) in [5.41, 5.74) is 6.82. The van der Waals surface area contributed by atoms with Gasteiger partial charge in [-0.25, -0.2) is 4.98 Å². The molecule has 1 atom stereocenters. The molecule has 3 heteroatoms. The molecular formula is C8H11N3. The minimum atomic E-state index is 0.448. The minimum Gasteiger partial charge on any atom is -0.383 e. The van der Waals surface area contributed by atoms with Crippen LogP contribution in [0.15, 0.2) is 18.3 Å². The van der Waals surface area contributed by atoms with Crippen molar-refractivity contribution in [3.05, 3.63) is 23.9 Å². The third-order valence-corrected chi connectivity index (χ3v) is 2.07. The molecule has 1 saturated heterocycles. The van der Waals surface area contributed by atoms with Gasteiger partial charge in [-0.3, -0.25) is 0 Å². The van der Waals surface area contributed by atoms with E-state index in [9.17, 15) is 0 Å². The Labute approximate surface area is 65.6 Å². The Hall–Kier alpha value is -1.09. The van der Waals surface area contributed by atoms with Crippen LogP contribution in [0.5, 0.6) is 0 Å². The first-order chi connectivity index (χ1) is 5.38. The molecule has 0 radical (unpaired) electrons. The van der Waals surface area contributed by atoms with Gasteiger partial charge in [-0.1, -0.05) is 6.07 Å². The molecule has 0 spiro atoms. The predicted molar refractivity (Wildman–Crippen MR) is 44.0 cm³/mol. The summed E-state index contributed by atoms with van der Waals surface area (Å²) in [5, 5.41) is 3.28. The van der Waals surface area contributed by atoms with Crippen molar-refractivity contribution in [2.75, 3.05) is 12.3 Å². The number of nitrogens with one attached hydrogen (secondary N) is 1. The van der Waals surface area contributed by atoms with Crippen LogP contribution in [0.3, 0.4) is 0 Å². The maximum atomic E-state index is 5.68. The van der Waals surface area contributed by atoms with Gasteiger partial charge in [-0.05, 0) is 19.0 Å². The fraction of sp³-hybridized carbons (Fsp3) is 0.375. The fourth-order valence-corrected chi connectivity index (χ4v) is 1.28. The molecule has 1 aliphatic rings. The van der Waals surface area contributed by atoms with E-state index in [1.807, 2.05) is 12.1 Å². The molecule has 1 fully saturated rings. The third kappa shape index (κ3) is 1.07. The van der Waals surface area contributed by atoms with Gasteiger partial charge in [0, 0.05) is 17.8 Å². The molecule has 58 valence electrons. The van der Waals surface area contributed by atoms with Crippen molar-refractivity contribution >= 4 is 5.82 Å². The molecule has 2 rings (SSSR count). The molecule has 0 bridgehead atoms. The standard InChI is InChI=1S/C8H11N3/c9-8-6(2-1-4-11-8)7-3-5-10-7/h1-2,4,7,10H,3,5H2,(H2,9,11)/t7-/m0/s1. The van der Waals surface area contributed by atoms with Crippen molar-refractivity contribution in [3.8, 4) is 0 Å². The SMILES string of the molecule is Nc1ncccc1[C@@H]1CCN1. The van der Waals surface area contributed by atoms with E-state index in [1.54, 1.807) is 6.20 Å². The van der Waals surface area contributed by atoms with Crippen LogP contribution in [0.25, 0.3) is 0 Å². The molecular weight excluding hydrogens is 138 g/mol. The van der Waals surface area contributed by atoms with Crippen LogP contribution in [-0.2, 0) is 0 Å². The zero-order valence-electron chi connectivity index (χ0n) is 6.25. The summed E-state index contributed by atoms with van der Waals surface area (Å²) < 4.78 is 0. The number of nitrogens with two attached hydrogens (primary N) is 1. The van der Waals surface area contributed by atoms with Gasteiger partial charge in [-0.15, -0.1) is 0 Å². The van der Waals surface area contributed by atoms with E-state index < -0.39 is 0 Å². The Morgan fingerprint density at radius 3 is 3.00 bits per heavy atom. The summed E-state index contributed by atoms with van der Waals surface area (Å²) in [6.45, 7) is 1.10. The molecule has 3 nitrogen and oxygen atoms in total. The van der Waals surface area contributed by atoms with Gasteiger partial charge >= 0.3 is 0 Å². The quantitative estimate of drug-likeness (QED) is 0.618. The van der Waals surface area contributed by atoms with Gasteiger partial charge < -0.3 is 11.1 Å². The Kier molecular flexibility index (Phi) is 1.51. The van der Waals surface area contributed by atoms with Gasteiger partial charge in [0.2, 0.25) is 0 Å². The van der Waals surface area contributed by atoms with Gasteiger partial charge in [0.05, 0.1) is 0 Å². The molecule has 2 heterocycles. The van der Waals surface area contributed by atoms with Crippen LogP contribution in [0.4, 0.5) is 5.82 Å². The first kappa shape index (κ1) is 6.61. The van der Waals surface area contributed by atoms with E-state index in [-0.39, 0.29) is 0 Å². The number of hydrogen-bond acceptors (Lipinski definition) is 3. The molecule has 1 aromatic rings. The lowest BCUT2D eigenvalue weighted by molar-refractivity contribution is 0.383. The first-order valence-corrected chi connectivity index (χ1v) is 3.81. The third-order valence-electron chi connectivity index (χ3n) is 2.07. The predicted octanol–water partition coefficient (Wildman–Crippen LogP) is 0.698. The van der Waals surface area contributed by atoms with Crippen molar-refractivity contribution < 1.29 is 0 Å². The van der Waals surface area contributed by atoms with Crippen LogP contribution < -0.4 is 11.1 Å². The lowest BCUT2D eigenvalue weighted by Crippen LogP contribution is -2.35. The largest absolute Gasteiger partial charge is 0.383 e. The number of nitrogen functional groups attached to an aromatic ring is 1. The van der Waals surface area contributed by atoms with Crippen molar-refractivity contribution in [2.24, 2.45) is 0 Å². The van der Waals surface area contributed by atoms with Crippen LogP contribution in [0, 0.1) is 0 Å². The highest BCUT2D eigenvalue weighted by Crippen LogP contribution is 2.25. The Bertz CT molecular complexity index is 255. The highest BCUT2D eigenvalue weighted by molar-refractivity contribution is 5.41. The minimum absolute atomic E-state index is 0.448. The first-order valence-electron chi connectivity index (χ1n) is 3.81. The summed E-state index contributed by atoms with van der Waals surface area (Å²) in [6.07, 6.45) is 2.90. The number of aromatic nitrogens is 1. The highest BCUT2D eigenvalue weighted by Gasteiger charge is 2.20. The molecule has 0 aliphatic carbocycles. The van der Waals surface area contributed by atoms with E-state index in [0.717, 1.165) is 12.1 Å². The van der Waals surface area contributed by atoms with E-state index in [4.69, 9.17) is 5.73 Å². The van der Waals surface area contributed by atoms with Gasteiger partial charge in [0.25, 0.3) is 0 Å². The molecule has 0 saturated carbocycles. The normalized spacial score (nSPS) is 22.7. The summed E-state index contributed by atoms with van der Waals surface area (Å²) in [6, 6.07) is 4.40. The number of hydrogen-bond donors (Lipinski definition) is 2. The molecule has 1 aromatic heterocycles. The molecule has 1 aliphatic heterocycles. The summed E-state index contributed by atoms with van der Waals surface area (Å²) in [7, 11) is 0. The molecule has 0 amide bonds. The maximum Gasteiger partial charge on any atom is 0.128 e. The molecule has 3 N–H and O–H groups in total. The van der Waals surface area contributed by atoms with Gasteiger partial charge in [-0.2, -0.15) is 0 Å². The van der Waals surface area contributed by atoms with Crippen LogP contribution >= 0.6 is 0 Å². The second-order valence-corrected chi connectivity index (χ2v) is 2.77. The van der Waals surface area contributed by atoms with Gasteiger partial charge in [0.15, 0.2) is 0 Å². The lowest BCUT2D eigenvalue weighted by Gasteiger charge is -2.28. The fourth-order valence-electron chi connectivity index (χ4n) is 1.28. The van der Waals surface area contributed by atoms with E-state index in [1.165, 1.54) is 6.42 Å². The van der Waals surface area contributed by atoms with Crippen LogP contribution in [-0.4, -0.2) is 11.5 Å². The topological polar surface area (TPSA) is 50.9 Å². The zero-order valence-corrected chi connectivity index (χ0v) is 6.25. The van der Waals surface area contributed by atoms with Gasteiger partial charge in [0.1, 0.15) is 5.82 Å². The smallest absolute Gasteiger partial charge is 0.128 e. The molecule has 0 unspecified atom stereocenters. The van der Waals surface area contributed by atoms with Crippen molar-refractivity contribution in [1.29, 1.82) is 0 Å². The monoisotopic (exact) mass is 149 g/mol. The van der Waals surface area contributed by atoms with Crippen LogP contribution in [0.1, 0.15) is 18.0 Å². The molecule has 11 heavy (non-hydrogen) atoms. The van der Waals surface area contributed by atoms with Crippen molar-refractivity contribution in [1.82, 2.24) is 10.3 Å². The number of nitrogens with zero attached hydrogens (tertiary/aromatic N) is 1. The Morgan fingerprint density at radius 2 is 2.45 bits per heavy atom. The summed E-state index contributed by atoms with van der Waals surface area (Å²) in [5.74, 6) is 0.657. The van der Waals surface area contributed by atoms with E-state index in [2.05, 4.69) is 10.3 Å². The lowest BCUT2D eigenvalue weighted by atomic mass is 9.99. The second-order valence-electron chi connectivity index (χ2n) is 2.77. The van der Waals surface area contributed by atoms with E-state index in [0.29, 0.717) is 11.9 Å². The summed E-state index contributed by atoms with van der Waals surface area (Å²) in [4.78, 5) is 4.02. The van der Waals surface area contributed by atoms with E-state index >= 15 is 0 Å². The van der Waals surface area contributed by atoms with Crippen molar-refractivity contribution in [2.45, 2.75) is 12.5 Å². The second kappa shape index (κ2) is 2.51. The zero-order chi connectivity index (χ0) is 7.68. The Morgan fingerprint density at radius 1 is 1.64 bits per heavy atom. The number of rotatable bonds is 1. The molecule has 0 aromatic carbocycles. The number of anilines is 1. The number of pyridine rings is 1. The van der Waals surface area contributed by atoms with Crippen LogP contribution in [0.2, 0.25) is 0 Å². The average molecular weight is 149 g/mol.